The lowest BCUT2D eigenvalue weighted by Gasteiger charge is -2.35. The normalized spacial score (nSPS) is 17.4. The van der Waals surface area contributed by atoms with Crippen molar-refractivity contribution >= 4 is 0 Å². The van der Waals surface area contributed by atoms with Gasteiger partial charge in [0, 0.05) is 39.3 Å². The molecule has 25 heavy (non-hydrogen) atoms. The van der Waals surface area contributed by atoms with E-state index in [-0.39, 0.29) is 0 Å². The first-order valence-electron chi connectivity index (χ1n) is 9.05. The third kappa shape index (κ3) is 5.30. The third-order valence-electron chi connectivity index (χ3n) is 4.96. The Morgan fingerprint density at radius 1 is 0.920 bits per heavy atom. The van der Waals surface area contributed by atoms with Gasteiger partial charge in [0.2, 0.25) is 0 Å². The number of hydrogen-bond acceptors (Lipinski definition) is 4. The van der Waals surface area contributed by atoms with Crippen LogP contribution in [0.15, 0.2) is 54.6 Å². The monoisotopic (exact) mass is 340 g/mol. The molecule has 2 aromatic carbocycles. The molecule has 1 atom stereocenters. The number of aliphatic hydroxyl groups excluding tert-OH is 1. The van der Waals surface area contributed by atoms with Crippen LogP contribution in [0, 0.1) is 0 Å². The Morgan fingerprint density at radius 2 is 1.56 bits per heavy atom. The Kier molecular flexibility index (Phi) is 6.45. The van der Waals surface area contributed by atoms with Crippen LogP contribution in [0.2, 0.25) is 0 Å². The van der Waals surface area contributed by atoms with Crippen LogP contribution < -0.4 is 4.74 Å². The summed E-state index contributed by atoms with van der Waals surface area (Å²) in [6, 6.07) is 18.3. The zero-order valence-corrected chi connectivity index (χ0v) is 15.0. The van der Waals surface area contributed by atoms with Crippen molar-refractivity contribution in [3.63, 3.8) is 0 Å². The van der Waals surface area contributed by atoms with Gasteiger partial charge in [0.25, 0.3) is 0 Å². The number of rotatable bonds is 7. The summed E-state index contributed by atoms with van der Waals surface area (Å²) in [5.74, 6) is 0.911. The molecule has 0 amide bonds. The average Bonchev–Trinajstić information content (AvgIpc) is 2.68. The highest BCUT2D eigenvalue weighted by Crippen LogP contribution is 2.16. The fourth-order valence-electron chi connectivity index (χ4n) is 3.30. The van der Waals surface area contributed by atoms with E-state index >= 15 is 0 Å². The van der Waals surface area contributed by atoms with Crippen molar-refractivity contribution in [3.05, 3.63) is 65.7 Å². The minimum Gasteiger partial charge on any atom is -0.497 e. The van der Waals surface area contributed by atoms with Gasteiger partial charge < -0.3 is 14.7 Å². The lowest BCUT2D eigenvalue weighted by Crippen LogP contribution is -2.47. The van der Waals surface area contributed by atoms with Crippen LogP contribution in [0.4, 0.5) is 0 Å². The Morgan fingerprint density at radius 3 is 2.20 bits per heavy atom. The third-order valence-corrected chi connectivity index (χ3v) is 4.96. The smallest absolute Gasteiger partial charge is 0.118 e. The Labute approximate surface area is 150 Å². The summed E-state index contributed by atoms with van der Waals surface area (Å²) in [4.78, 5) is 4.87. The highest BCUT2D eigenvalue weighted by Gasteiger charge is 2.19. The van der Waals surface area contributed by atoms with E-state index < -0.39 is 6.10 Å². The standard InChI is InChI=1S/C21H28N2O2/c1-25-20-9-7-18(8-10-20)11-12-22-13-15-23(16-14-22)17-21(24)19-5-3-2-4-6-19/h2-10,21,24H,11-17H2,1H3. The molecule has 0 aliphatic carbocycles. The molecule has 0 radical (unpaired) electrons. The predicted molar refractivity (Wildman–Crippen MR) is 101 cm³/mol. The van der Waals surface area contributed by atoms with Crippen molar-refractivity contribution in [1.82, 2.24) is 9.80 Å². The average molecular weight is 340 g/mol. The molecule has 1 heterocycles. The van der Waals surface area contributed by atoms with Gasteiger partial charge >= 0.3 is 0 Å². The largest absolute Gasteiger partial charge is 0.497 e. The number of benzene rings is 2. The minimum absolute atomic E-state index is 0.396. The molecule has 4 heteroatoms. The molecule has 3 rings (SSSR count). The van der Waals surface area contributed by atoms with Gasteiger partial charge in [0.1, 0.15) is 5.75 Å². The Balaban J connectivity index is 1.39. The van der Waals surface area contributed by atoms with Crippen molar-refractivity contribution in [2.75, 3.05) is 46.4 Å². The van der Waals surface area contributed by atoms with Gasteiger partial charge in [0.15, 0.2) is 0 Å². The van der Waals surface area contributed by atoms with Crippen LogP contribution >= 0.6 is 0 Å². The summed E-state index contributed by atoms with van der Waals surface area (Å²) in [5.41, 5.74) is 2.35. The molecule has 0 bridgehead atoms. The first-order valence-corrected chi connectivity index (χ1v) is 9.05. The van der Waals surface area contributed by atoms with E-state index in [1.54, 1.807) is 7.11 Å². The zero-order valence-electron chi connectivity index (χ0n) is 15.0. The summed E-state index contributed by atoms with van der Waals surface area (Å²) in [6.45, 7) is 5.98. The zero-order chi connectivity index (χ0) is 17.5. The number of ether oxygens (including phenoxy) is 1. The Bertz CT molecular complexity index is 622. The molecule has 1 unspecified atom stereocenters. The van der Waals surface area contributed by atoms with E-state index in [1.165, 1.54) is 5.56 Å². The molecule has 4 nitrogen and oxygen atoms in total. The molecule has 1 N–H and O–H groups in total. The Hall–Kier alpha value is -1.88. The number of aliphatic hydroxyl groups is 1. The number of nitrogens with zero attached hydrogens (tertiary/aromatic N) is 2. The fourth-order valence-corrected chi connectivity index (χ4v) is 3.30. The summed E-state index contributed by atoms with van der Waals surface area (Å²) in [5, 5.41) is 10.4. The van der Waals surface area contributed by atoms with Gasteiger partial charge in [-0.3, -0.25) is 4.90 Å². The van der Waals surface area contributed by atoms with Crippen molar-refractivity contribution in [1.29, 1.82) is 0 Å². The van der Waals surface area contributed by atoms with Crippen LogP contribution in [0.3, 0.4) is 0 Å². The predicted octanol–water partition coefficient (Wildman–Crippen LogP) is 2.59. The van der Waals surface area contributed by atoms with Crippen molar-refractivity contribution in [3.8, 4) is 5.75 Å². The molecular formula is C21H28N2O2. The lowest BCUT2D eigenvalue weighted by atomic mass is 10.1. The van der Waals surface area contributed by atoms with Crippen molar-refractivity contribution in [2.24, 2.45) is 0 Å². The summed E-state index contributed by atoms with van der Waals surface area (Å²) in [7, 11) is 1.70. The lowest BCUT2D eigenvalue weighted by molar-refractivity contribution is 0.0730. The fraction of sp³-hybridized carbons (Fsp3) is 0.429. The van der Waals surface area contributed by atoms with Crippen LogP contribution in [0.25, 0.3) is 0 Å². The summed E-state index contributed by atoms with van der Waals surface area (Å²) >= 11 is 0. The van der Waals surface area contributed by atoms with Gasteiger partial charge in [-0.25, -0.2) is 0 Å². The number of hydrogen-bond donors (Lipinski definition) is 1. The van der Waals surface area contributed by atoms with Crippen LogP contribution in [0.5, 0.6) is 5.75 Å². The van der Waals surface area contributed by atoms with Crippen molar-refractivity contribution in [2.45, 2.75) is 12.5 Å². The van der Waals surface area contributed by atoms with E-state index in [0.29, 0.717) is 0 Å². The van der Waals surface area contributed by atoms with E-state index in [9.17, 15) is 5.11 Å². The van der Waals surface area contributed by atoms with Gasteiger partial charge in [-0.15, -0.1) is 0 Å². The maximum Gasteiger partial charge on any atom is 0.118 e. The second-order valence-electron chi connectivity index (χ2n) is 6.67. The van der Waals surface area contributed by atoms with Crippen LogP contribution in [0.1, 0.15) is 17.2 Å². The van der Waals surface area contributed by atoms with Gasteiger partial charge in [-0.1, -0.05) is 42.5 Å². The highest BCUT2D eigenvalue weighted by atomic mass is 16.5. The van der Waals surface area contributed by atoms with Gasteiger partial charge in [-0.05, 0) is 29.7 Å². The minimum atomic E-state index is -0.396. The summed E-state index contributed by atoms with van der Waals surface area (Å²) < 4.78 is 5.20. The number of β-amino-alcohol motifs (C(OH)–C–C–N with tert-alkyl or cyclic N) is 1. The first-order chi connectivity index (χ1) is 12.2. The second kappa shape index (κ2) is 8.99. The summed E-state index contributed by atoms with van der Waals surface area (Å²) in [6.07, 6.45) is 0.670. The molecule has 134 valence electrons. The van der Waals surface area contributed by atoms with E-state index in [4.69, 9.17) is 4.74 Å². The van der Waals surface area contributed by atoms with Crippen LogP contribution in [-0.2, 0) is 6.42 Å². The molecule has 0 aromatic heterocycles. The molecule has 0 spiro atoms. The first kappa shape index (κ1) is 17.9. The molecule has 1 aliphatic rings. The van der Waals surface area contributed by atoms with E-state index in [0.717, 1.165) is 57.0 Å². The molecule has 2 aromatic rings. The highest BCUT2D eigenvalue weighted by molar-refractivity contribution is 5.27. The van der Waals surface area contributed by atoms with E-state index in [2.05, 4.69) is 21.9 Å². The maximum atomic E-state index is 10.4. The number of piperazine rings is 1. The second-order valence-corrected chi connectivity index (χ2v) is 6.67. The molecule has 1 fully saturated rings. The molecule has 1 aliphatic heterocycles. The molecule has 0 saturated carbocycles. The quantitative estimate of drug-likeness (QED) is 0.840. The van der Waals surface area contributed by atoms with Crippen molar-refractivity contribution < 1.29 is 9.84 Å². The van der Waals surface area contributed by atoms with Gasteiger partial charge in [0.05, 0.1) is 13.2 Å². The maximum absolute atomic E-state index is 10.4. The number of methoxy groups -OCH3 is 1. The van der Waals surface area contributed by atoms with Gasteiger partial charge in [-0.2, -0.15) is 0 Å². The van der Waals surface area contributed by atoms with Crippen LogP contribution in [-0.4, -0.2) is 61.3 Å². The molecule has 1 saturated heterocycles. The topological polar surface area (TPSA) is 35.9 Å². The van der Waals surface area contributed by atoms with E-state index in [1.807, 2.05) is 42.5 Å². The SMILES string of the molecule is COc1ccc(CCN2CCN(CC(O)c3ccccc3)CC2)cc1. The molecular weight excluding hydrogens is 312 g/mol.